The maximum atomic E-state index is 12.9. The number of hydrogen-bond acceptors (Lipinski definition) is 2. The molecule has 0 N–H and O–H groups in total. The maximum Gasteiger partial charge on any atom is 0.279 e. The summed E-state index contributed by atoms with van der Waals surface area (Å²) in [6.07, 6.45) is 0. The molecule has 1 amide bonds. The Kier molecular flexibility index (Phi) is 4.13. The van der Waals surface area contributed by atoms with Crippen molar-refractivity contribution in [2.45, 2.75) is 19.8 Å². The van der Waals surface area contributed by atoms with E-state index < -0.39 is 0 Å². The van der Waals surface area contributed by atoms with E-state index in [1.807, 2.05) is 11.6 Å². The smallest absolute Gasteiger partial charge is 0.279 e. The van der Waals surface area contributed by atoms with Crippen LogP contribution >= 0.6 is 11.3 Å². The molecule has 3 rings (SSSR count). The maximum absolute atomic E-state index is 12.9. The van der Waals surface area contributed by atoms with Crippen LogP contribution in [-0.4, -0.2) is 10.5 Å². The highest BCUT2D eigenvalue weighted by atomic mass is 32.1. The number of benzene rings is 2. The van der Waals surface area contributed by atoms with Crippen molar-refractivity contribution >= 4 is 27.5 Å². The molecule has 0 fully saturated rings. The Morgan fingerprint density at radius 1 is 1.17 bits per heavy atom. The number of rotatable bonds is 2. The molecule has 0 aliphatic carbocycles. The zero-order valence-corrected chi connectivity index (χ0v) is 14.0. The van der Waals surface area contributed by atoms with E-state index in [0.717, 1.165) is 10.2 Å². The summed E-state index contributed by atoms with van der Waals surface area (Å²) in [5, 5.41) is 0. The van der Waals surface area contributed by atoms with Crippen molar-refractivity contribution in [2.24, 2.45) is 12.0 Å². The van der Waals surface area contributed by atoms with Crippen molar-refractivity contribution in [3.63, 3.8) is 0 Å². The molecule has 0 unspecified atom stereocenters. The summed E-state index contributed by atoms with van der Waals surface area (Å²) in [4.78, 5) is 17.1. The Morgan fingerprint density at radius 3 is 2.52 bits per heavy atom. The van der Waals surface area contributed by atoms with E-state index in [9.17, 15) is 9.18 Å². The summed E-state index contributed by atoms with van der Waals surface area (Å²) in [5.74, 6) is -0.278. The molecule has 0 bridgehead atoms. The van der Waals surface area contributed by atoms with Gasteiger partial charge in [-0.1, -0.05) is 31.3 Å². The van der Waals surface area contributed by atoms with Crippen molar-refractivity contribution in [1.29, 1.82) is 0 Å². The highest BCUT2D eigenvalue weighted by Gasteiger charge is 2.09. The predicted octanol–water partition coefficient (Wildman–Crippen LogP) is 4.24. The minimum absolute atomic E-state index is 0.365. The summed E-state index contributed by atoms with van der Waals surface area (Å²) in [6.45, 7) is 4.30. The zero-order chi connectivity index (χ0) is 16.6. The summed E-state index contributed by atoms with van der Waals surface area (Å²) in [5.41, 5.74) is 2.69. The van der Waals surface area contributed by atoms with Gasteiger partial charge in [-0.25, -0.2) is 4.39 Å². The number of carbonyl (C=O) groups excluding carboxylic acids is 1. The quantitative estimate of drug-likeness (QED) is 0.693. The number of aromatic nitrogens is 1. The second-order valence-corrected chi connectivity index (χ2v) is 6.76. The molecule has 118 valence electrons. The molecule has 0 atom stereocenters. The molecule has 23 heavy (non-hydrogen) atoms. The van der Waals surface area contributed by atoms with Gasteiger partial charge in [-0.15, -0.1) is 0 Å². The fourth-order valence-electron chi connectivity index (χ4n) is 2.36. The van der Waals surface area contributed by atoms with Gasteiger partial charge in [-0.2, -0.15) is 4.99 Å². The monoisotopic (exact) mass is 328 g/mol. The van der Waals surface area contributed by atoms with Gasteiger partial charge in [0.05, 0.1) is 10.2 Å². The number of halogens is 1. The standard InChI is InChI=1S/C18H17FN2OS/c1-11(2)13-6-9-15-16(10-13)23-18(21(15)3)20-17(22)12-4-7-14(19)8-5-12/h4-11H,1-3H3. The third kappa shape index (κ3) is 3.10. The van der Waals surface area contributed by atoms with Crippen LogP contribution in [0.3, 0.4) is 0 Å². The van der Waals surface area contributed by atoms with Crippen LogP contribution < -0.4 is 4.80 Å². The number of fused-ring (bicyclic) bond motifs is 1. The molecule has 2 aromatic carbocycles. The summed E-state index contributed by atoms with van der Waals surface area (Å²) < 4.78 is 15.9. The summed E-state index contributed by atoms with van der Waals surface area (Å²) in [7, 11) is 1.89. The average molecular weight is 328 g/mol. The first kappa shape index (κ1) is 15.6. The minimum Gasteiger partial charge on any atom is -0.319 e. The molecule has 0 radical (unpaired) electrons. The molecular weight excluding hydrogens is 311 g/mol. The van der Waals surface area contributed by atoms with Gasteiger partial charge in [-0.3, -0.25) is 4.79 Å². The van der Waals surface area contributed by atoms with Crippen LogP contribution in [0, 0.1) is 5.82 Å². The Bertz CT molecular complexity index is 936. The van der Waals surface area contributed by atoms with Gasteiger partial charge in [0.25, 0.3) is 5.91 Å². The lowest BCUT2D eigenvalue weighted by atomic mass is 10.0. The molecular formula is C18H17FN2OS. The van der Waals surface area contributed by atoms with E-state index in [1.54, 1.807) is 0 Å². The molecule has 0 aliphatic rings. The van der Waals surface area contributed by atoms with Crippen molar-refractivity contribution in [3.8, 4) is 0 Å². The van der Waals surface area contributed by atoms with Gasteiger partial charge in [0, 0.05) is 12.6 Å². The van der Waals surface area contributed by atoms with Crippen LogP contribution in [0.5, 0.6) is 0 Å². The number of hydrogen-bond donors (Lipinski definition) is 0. The number of thiazole rings is 1. The van der Waals surface area contributed by atoms with Crippen LogP contribution in [0.25, 0.3) is 10.2 Å². The molecule has 0 spiro atoms. The molecule has 1 aromatic heterocycles. The molecule has 0 saturated carbocycles. The number of carbonyl (C=O) groups is 1. The van der Waals surface area contributed by atoms with Gasteiger partial charge in [-0.05, 0) is 47.9 Å². The lowest BCUT2D eigenvalue weighted by molar-refractivity contribution is 0.0998. The van der Waals surface area contributed by atoms with Gasteiger partial charge in [0.1, 0.15) is 5.82 Å². The topological polar surface area (TPSA) is 34.4 Å². The van der Waals surface area contributed by atoms with E-state index in [0.29, 0.717) is 16.3 Å². The molecule has 0 aliphatic heterocycles. The molecule has 3 aromatic rings. The van der Waals surface area contributed by atoms with Crippen LogP contribution in [-0.2, 0) is 7.05 Å². The first-order valence-electron chi connectivity index (χ1n) is 7.40. The third-order valence-electron chi connectivity index (χ3n) is 3.79. The third-order valence-corrected chi connectivity index (χ3v) is 4.88. The molecule has 1 heterocycles. The minimum atomic E-state index is -0.366. The van der Waals surface area contributed by atoms with E-state index in [4.69, 9.17) is 0 Å². The van der Waals surface area contributed by atoms with Crippen molar-refractivity contribution in [1.82, 2.24) is 4.57 Å². The first-order valence-corrected chi connectivity index (χ1v) is 8.21. The number of aryl methyl sites for hydroxylation is 1. The van der Waals surface area contributed by atoms with E-state index in [1.165, 1.54) is 41.2 Å². The average Bonchev–Trinajstić information content (AvgIpc) is 2.83. The lowest BCUT2D eigenvalue weighted by Crippen LogP contribution is -2.13. The number of nitrogens with zero attached hydrogens (tertiary/aromatic N) is 2. The Labute approximate surface area is 137 Å². The van der Waals surface area contributed by atoms with E-state index in [-0.39, 0.29) is 11.7 Å². The Balaban J connectivity index is 2.06. The fourth-order valence-corrected chi connectivity index (χ4v) is 3.43. The van der Waals surface area contributed by atoms with Crippen LogP contribution in [0.1, 0.15) is 35.7 Å². The van der Waals surface area contributed by atoms with Crippen LogP contribution in [0.15, 0.2) is 47.5 Å². The largest absolute Gasteiger partial charge is 0.319 e. The first-order chi connectivity index (χ1) is 11.0. The normalized spacial score (nSPS) is 12.3. The summed E-state index contributed by atoms with van der Waals surface area (Å²) >= 11 is 1.48. The summed E-state index contributed by atoms with van der Waals surface area (Å²) in [6, 6.07) is 11.7. The lowest BCUT2D eigenvalue weighted by Gasteiger charge is -2.04. The Hall–Kier alpha value is -2.27. The van der Waals surface area contributed by atoms with Gasteiger partial charge in [0.2, 0.25) is 0 Å². The van der Waals surface area contributed by atoms with Crippen LogP contribution in [0.2, 0.25) is 0 Å². The van der Waals surface area contributed by atoms with Crippen LogP contribution in [0.4, 0.5) is 4.39 Å². The van der Waals surface area contributed by atoms with Crippen molar-refractivity contribution in [2.75, 3.05) is 0 Å². The van der Waals surface area contributed by atoms with Gasteiger partial charge in [0.15, 0.2) is 4.80 Å². The van der Waals surface area contributed by atoms with E-state index in [2.05, 4.69) is 37.0 Å². The van der Waals surface area contributed by atoms with Gasteiger partial charge < -0.3 is 4.57 Å². The zero-order valence-electron chi connectivity index (χ0n) is 13.2. The molecule has 0 saturated heterocycles. The second-order valence-electron chi connectivity index (χ2n) is 5.75. The number of amides is 1. The van der Waals surface area contributed by atoms with Crippen molar-refractivity contribution in [3.05, 3.63) is 64.2 Å². The molecule has 5 heteroatoms. The molecule has 3 nitrogen and oxygen atoms in total. The SMILES string of the molecule is CC(C)c1ccc2c(c1)sc(=NC(=O)c1ccc(F)cc1)n2C. The van der Waals surface area contributed by atoms with Crippen molar-refractivity contribution < 1.29 is 9.18 Å². The second kappa shape index (κ2) is 6.08. The Morgan fingerprint density at radius 2 is 1.87 bits per heavy atom. The van der Waals surface area contributed by atoms with Gasteiger partial charge >= 0.3 is 0 Å². The van der Waals surface area contributed by atoms with E-state index >= 15 is 0 Å². The predicted molar refractivity (Wildman–Crippen MR) is 91.2 cm³/mol. The fraction of sp³-hybridized carbons (Fsp3) is 0.222. The highest BCUT2D eigenvalue weighted by Crippen LogP contribution is 2.23. The highest BCUT2D eigenvalue weighted by molar-refractivity contribution is 7.16.